The van der Waals surface area contributed by atoms with Crippen LogP contribution in [-0.4, -0.2) is 11.6 Å². The first kappa shape index (κ1) is 9.88. The van der Waals surface area contributed by atoms with Gasteiger partial charge in [-0.3, -0.25) is 9.59 Å². The Hall–Kier alpha value is -0.660. The molecule has 0 N–H and O–H groups in total. The number of rotatable bonds is 1. The van der Waals surface area contributed by atoms with Gasteiger partial charge in [-0.2, -0.15) is 0 Å². The van der Waals surface area contributed by atoms with Gasteiger partial charge in [-0.15, -0.1) is 0 Å². The molecule has 2 nitrogen and oxygen atoms in total. The smallest absolute Gasteiger partial charge is 0.147 e. The lowest BCUT2D eigenvalue weighted by molar-refractivity contribution is -0.136. The summed E-state index contributed by atoms with van der Waals surface area (Å²) in [5.74, 6) is 0.0710. The van der Waals surface area contributed by atoms with Gasteiger partial charge in [0.2, 0.25) is 0 Å². The molecule has 2 aliphatic rings. The number of fused-ring (bicyclic) bond motifs is 2. The van der Waals surface area contributed by atoms with Gasteiger partial charge in [-0.05, 0) is 30.6 Å². The van der Waals surface area contributed by atoms with Crippen LogP contribution < -0.4 is 0 Å². The zero-order valence-corrected chi connectivity index (χ0v) is 9.39. The van der Waals surface area contributed by atoms with Crippen molar-refractivity contribution in [2.75, 3.05) is 0 Å². The van der Waals surface area contributed by atoms with E-state index in [2.05, 4.69) is 20.8 Å². The first-order valence-electron chi connectivity index (χ1n) is 5.36. The van der Waals surface area contributed by atoms with Crippen molar-refractivity contribution in [1.82, 2.24) is 0 Å². The molecule has 0 aromatic rings. The van der Waals surface area contributed by atoms with Crippen LogP contribution in [0.1, 0.15) is 40.5 Å². The molecule has 0 heterocycles. The van der Waals surface area contributed by atoms with Crippen LogP contribution >= 0.6 is 0 Å². The predicted molar refractivity (Wildman–Crippen MR) is 53.8 cm³/mol. The van der Waals surface area contributed by atoms with E-state index in [4.69, 9.17) is 0 Å². The van der Waals surface area contributed by atoms with Crippen LogP contribution in [0.5, 0.6) is 0 Å². The second-order valence-corrected chi connectivity index (χ2v) is 5.68. The van der Waals surface area contributed by atoms with Crippen molar-refractivity contribution in [3.63, 3.8) is 0 Å². The Morgan fingerprint density at radius 3 is 2.21 bits per heavy atom. The molecule has 78 valence electrons. The lowest BCUT2D eigenvalue weighted by atomic mass is 9.66. The molecule has 2 heteroatoms. The van der Waals surface area contributed by atoms with Gasteiger partial charge in [-0.25, -0.2) is 0 Å². The summed E-state index contributed by atoms with van der Waals surface area (Å²) >= 11 is 0. The quantitative estimate of drug-likeness (QED) is 0.600. The monoisotopic (exact) mass is 194 g/mol. The van der Waals surface area contributed by atoms with E-state index in [9.17, 15) is 9.59 Å². The molecular weight excluding hydrogens is 176 g/mol. The molecule has 0 radical (unpaired) electrons. The maximum Gasteiger partial charge on any atom is 0.147 e. The maximum absolute atomic E-state index is 12.0. The fraction of sp³-hybridized carbons (Fsp3) is 0.833. The third kappa shape index (κ3) is 0.825. The molecule has 2 aliphatic carbocycles. The van der Waals surface area contributed by atoms with Gasteiger partial charge in [0.15, 0.2) is 0 Å². The molecular formula is C12H18O2. The van der Waals surface area contributed by atoms with Crippen molar-refractivity contribution in [2.24, 2.45) is 22.7 Å². The Morgan fingerprint density at radius 2 is 1.93 bits per heavy atom. The summed E-state index contributed by atoms with van der Waals surface area (Å²) in [4.78, 5) is 23.5. The number of Topliss-reactive ketones (excluding diaryl/α,β-unsaturated/α-hetero) is 2. The summed E-state index contributed by atoms with van der Waals surface area (Å²) in [7, 11) is 0. The summed E-state index contributed by atoms with van der Waals surface area (Å²) in [5, 5.41) is 0. The molecule has 3 unspecified atom stereocenters. The molecule has 0 aliphatic heterocycles. The Labute approximate surface area is 85.1 Å². The van der Waals surface area contributed by atoms with E-state index in [-0.39, 0.29) is 34.2 Å². The van der Waals surface area contributed by atoms with Gasteiger partial charge in [0.1, 0.15) is 11.6 Å². The normalized spacial score (nSPS) is 44.4. The number of hydrogen-bond acceptors (Lipinski definition) is 2. The van der Waals surface area contributed by atoms with E-state index in [1.54, 1.807) is 6.92 Å². The van der Waals surface area contributed by atoms with E-state index in [1.165, 1.54) is 0 Å². The fourth-order valence-electron chi connectivity index (χ4n) is 3.70. The topological polar surface area (TPSA) is 34.1 Å². The van der Waals surface area contributed by atoms with Gasteiger partial charge in [-0.1, -0.05) is 20.8 Å². The number of carbonyl (C=O) groups is 2. The zero-order valence-electron chi connectivity index (χ0n) is 9.39. The lowest BCUT2D eigenvalue weighted by Crippen LogP contribution is -2.37. The molecule has 0 saturated heterocycles. The molecule has 2 saturated carbocycles. The minimum atomic E-state index is -0.323. The van der Waals surface area contributed by atoms with E-state index in [0.717, 1.165) is 12.8 Å². The van der Waals surface area contributed by atoms with Crippen LogP contribution in [0.25, 0.3) is 0 Å². The third-order valence-corrected chi connectivity index (χ3v) is 4.97. The zero-order chi connectivity index (χ0) is 10.7. The fourth-order valence-corrected chi connectivity index (χ4v) is 3.70. The summed E-state index contributed by atoms with van der Waals surface area (Å²) < 4.78 is 0. The Bertz CT molecular complexity index is 316. The summed E-state index contributed by atoms with van der Waals surface area (Å²) in [6.07, 6.45) is 2.01. The van der Waals surface area contributed by atoms with Crippen molar-refractivity contribution in [2.45, 2.75) is 40.5 Å². The van der Waals surface area contributed by atoms with Crippen molar-refractivity contribution in [3.8, 4) is 0 Å². The molecule has 2 fully saturated rings. The highest BCUT2D eigenvalue weighted by Crippen LogP contribution is 2.66. The Morgan fingerprint density at radius 1 is 1.36 bits per heavy atom. The average Bonchev–Trinajstić information content (AvgIpc) is 2.30. The van der Waals surface area contributed by atoms with Crippen LogP contribution in [0.4, 0.5) is 0 Å². The maximum atomic E-state index is 12.0. The Kier molecular flexibility index (Phi) is 1.74. The van der Waals surface area contributed by atoms with Crippen LogP contribution in [0.3, 0.4) is 0 Å². The summed E-state index contributed by atoms with van der Waals surface area (Å²) in [6, 6.07) is 0. The van der Waals surface area contributed by atoms with E-state index >= 15 is 0 Å². The Balaban J connectivity index is 2.51. The summed E-state index contributed by atoms with van der Waals surface area (Å²) in [6.45, 7) is 7.96. The number of carbonyl (C=O) groups excluding carboxylic acids is 2. The molecule has 2 rings (SSSR count). The molecule has 3 atom stereocenters. The molecule has 0 spiro atoms. The second kappa shape index (κ2) is 2.47. The third-order valence-electron chi connectivity index (χ3n) is 4.97. The van der Waals surface area contributed by atoms with E-state index in [1.807, 2.05) is 0 Å². The lowest BCUT2D eigenvalue weighted by Gasteiger charge is -2.36. The number of hydrogen-bond donors (Lipinski definition) is 0. The molecule has 0 amide bonds. The first-order chi connectivity index (χ1) is 6.32. The largest absolute Gasteiger partial charge is 0.299 e. The van der Waals surface area contributed by atoms with Crippen LogP contribution in [0.15, 0.2) is 0 Å². The average molecular weight is 194 g/mol. The molecule has 0 aromatic heterocycles. The van der Waals surface area contributed by atoms with Crippen molar-refractivity contribution in [3.05, 3.63) is 0 Å². The highest BCUT2D eigenvalue weighted by molar-refractivity contribution is 6.06. The van der Waals surface area contributed by atoms with Gasteiger partial charge < -0.3 is 0 Å². The predicted octanol–water partition coefficient (Wildman–Crippen LogP) is 2.22. The van der Waals surface area contributed by atoms with Crippen molar-refractivity contribution >= 4 is 11.6 Å². The van der Waals surface area contributed by atoms with E-state index in [0.29, 0.717) is 0 Å². The molecule has 2 bridgehead atoms. The standard InChI is InChI=1S/C12H18O2/c1-7(13)9-10(14)8-5-6-12(9,4)11(8,2)3/h8-9H,5-6H2,1-4H3. The van der Waals surface area contributed by atoms with Gasteiger partial charge in [0.05, 0.1) is 5.92 Å². The summed E-state index contributed by atoms with van der Waals surface area (Å²) in [5.41, 5.74) is -0.0684. The minimum absolute atomic E-state index is 0.0143. The highest BCUT2D eigenvalue weighted by Gasteiger charge is 2.67. The van der Waals surface area contributed by atoms with Crippen molar-refractivity contribution in [1.29, 1.82) is 0 Å². The van der Waals surface area contributed by atoms with Gasteiger partial charge >= 0.3 is 0 Å². The number of ketones is 2. The van der Waals surface area contributed by atoms with Crippen LogP contribution in [0, 0.1) is 22.7 Å². The second-order valence-electron chi connectivity index (χ2n) is 5.68. The van der Waals surface area contributed by atoms with Gasteiger partial charge in [0, 0.05) is 5.92 Å². The first-order valence-corrected chi connectivity index (χ1v) is 5.36. The van der Waals surface area contributed by atoms with Crippen LogP contribution in [-0.2, 0) is 9.59 Å². The van der Waals surface area contributed by atoms with Gasteiger partial charge in [0.25, 0.3) is 0 Å². The molecule has 14 heavy (non-hydrogen) atoms. The highest BCUT2D eigenvalue weighted by atomic mass is 16.2. The minimum Gasteiger partial charge on any atom is -0.299 e. The van der Waals surface area contributed by atoms with Crippen molar-refractivity contribution < 1.29 is 9.59 Å². The molecule has 0 aromatic carbocycles. The van der Waals surface area contributed by atoms with E-state index < -0.39 is 0 Å². The van der Waals surface area contributed by atoms with Crippen LogP contribution in [0.2, 0.25) is 0 Å². The SMILES string of the molecule is CC(=O)C1C(=O)C2CCC1(C)C2(C)C.